The number of aromatic hydroxyl groups is 1. The van der Waals surface area contributed by atoms with E-state index in [2.05, 4.69) is 10.5 Å². The number of rotatable bonds is 7. The Labute approximate surface area is 162 Å². The molecule has 0 radical (unpaired) electrons. The number of phenols is 1. The van der Waals surface area contributed by atoms with Crippen LogP contribution >= 0.6 is 11.6 Å². The number of hydrazone groups is 1. The van der Waals surface area contributed by atoms with Crippen LogP contribution in [0.4, 0.5) is 0 Å². The number of benzene rings is 2. The second kappa shape index (κ2) is 8.85. The number of nitrogens with one attached hydrogen (secondary N) is 1. The van der Waals surface area contributed by atoms with Gasteiger partial charge in [-0.1, -0.05) is 23.7 Å². The van der Waals surface area contributed by atoms with Crippen LogP contribution < -0.4 is 10.2 Å². The standard InChI is InChI=1S/C17H18ClN3O5S/c1-21(27(24,25)14-6-7-16(26-2)15(18)9-14)11-17(23)20-19-10-12-4-3-5-13(22)8-12/h3-10,22H,11H2,1-2H3,(H,20,23)/b19-10+. The minimum absolute atomic E-state index is 0.0631. The summed E-state index contributed by atoms with van der Waals surface area (Å²) in [6, 6.07) is 10.3. The van der Waals surface area contributed by atoms with Crippen molar-refractivity contribution in [1.29, 1.82) is 0 Å². The maximum atomic E-state index is 12.5. The first-order chi connectivity index (χ1) is 12.7. The molecule has 27 heavy (non-hydrogen) atoms. The number of nitrogens with zero attached hydrogens (tertiary/aromatic N) is 2. The van der Waals surface area contributed by atoms with E-state index in [0.717, 1.165) is 4.31 Å². The molecule has 2 aromatic rings. The third kappa shape index (κ3) is 5.43. The lowest BCUT2D eigenvalue weighted by Gasteiger charge is -2.16. The fourth-order valence-corrected chi connectivity index (χ4v) is 3.57. The number of amides is 1. The van der Waals surface area contributed by atoms with Crippen LogP contribution in [0.3, 0.4) is 0 Å². The SMILES string of the molecule is COc1ccc(S(=O)(=O)N(C)CC(=O)N/N=C/c2cccc(O)c2)cc1Cl. The number of ether oxygens (including phenoxy) is 1. The van der Waals surface area contributed by atoms with Gasteiger partial charge in [0.1, 0.15) is 11.5 Å². The number of methoxy groups -OCH3 is 1. The Hall–Kier alpha value is -2.62. The Morgan fingerprint density at radius 3 is 2.70 bits per heavy atom. The average Bonchev–Trinajstić information content (AvgIpc) is 2.61. The van der Waals surface area contributed by atoms with E-state index in [0.29, 0.717) is 11.3 Å². The van der Waals surface area contributed by atoms with E-state index in [1.807, 2.05) is 0 Å². The van der Waals surface area contributed by atoms with Gasteiger partial charge in [0.05, 0.1) is 29.8 Å². The summed E-state index contributed by atoms with van der Waals surface area (Å²) in [5.74, 6) is -0.219. The van der Waals surface area contributed by atoms with E-state index in [1.165, 1.54) is 50.7 Å². The second-order valence-electron chi connectivity index (χ2n) is 5.45. The molecule has 0 fully saturated rings. The van der Waals surface area contributed by atoms with Gasteiger partial charge in [-0.15, -0.1) is 0 Å². The van der Waals surface area contributed by atoms with Crippen molar-refractivity contribution in [3.63, 3.8) is 0 Å². The number of hydrogen-bond acceptors (Lipinski definition) is 6. The van der Waals surface area contributed by atoms with E-state index in [-0.39, 0.29) is 15.7 Å². The van der Waals surface area contributed by atoms with E-state index >= 15 is 0 Å². The van der Waals surface area contributed by atoms with Gasteiger partial charge in [0.2, 0.25) is 10.0 Å². The summed E-state index contributed by atoms with van der Waals surface area (Å²) in [5, 5.41) is 13.2. The first-order valence-electron chi connectivity index (χ1n) is 7.65. The lowest BCUT2D eigenvalue weighted by atomic mass is 10.2. The Morgan fingerprint density at radius 2 is 2.07 bits per heavy atom. The van der Waals surface area contributed by atoms with Crippen molar-refractivity contribution in [2.75, 3.05) is 20.7 Å². The summed E-state index contributed by atoms with van der Waals surface area (Å²) in [4.78, 5) is 11.9. The van der Waals surface area contributed by atoms with Gasteiger partial charge in [0.15, 0.2) is 0 Å². The highest BCUT2D eigenvalue weighted by molar-refractivity contribution is 7.89. The Morgan fingerprint density at radius 1 is 1.33 bits per heavy atom. The lowest BCUT2D eigenvalue weighted by Crippen LogP contribution is -2.36. The van der Waals surface area contributed by atoms with E-state index in [9.17, 15) is 18.3 Å². The number of sulfonamides is 1. The van der Waals surface area contributed by atoms with E-state index < -0.39 is 22.5 Å². The van der Waals surface area contributed by atoms with Crippen molar-refractivity contribution < 1.29 is 23.1 Å². The number of halogens is 1. The van der Waals surface area contributed by atoms with Crippen LogP contribution in [0.2, 0.25) is 5.02 Å². The highest BCUT2D eigenvalue weighted by atomic mass is 35.5. The van der Waals surface area contributed by atoms with Crippen molar-refractivity contribution >= 4 is 33.7 Å². The molecule has 0 aliphatic rings. The number of carbonyl (C=O) groups is 1. The predicted molar refractivity (Wildman–Crippen MR) is 102 cm³/mol. The zero-order chi connectivity index (χ0) is 20.0. The first-order valence-corrected chi connectivity index (χ1v) is 9.46. The Bertz CT molecular complexity index is 963. The molecule has 1 amide bonds. The summed E-state index contributed by atoms with van der Waals surface area (Å²) in [5.41, 5.74) is 2.80. The maximum Gasteiger partial charge on any atom is 0.255 e. The molecule has 0 saturated heterocycles. The molecule has 0 spiro atoms. The van der Waals surface area contributed by atoms with Gasteiger partial charge in [0, 0.05) is 7.05 Å². The molecule has 0 heterocycles. The molecule has 2 aromatic carbocycles. The highest BCUT2D eigenvalue weighted by Gasteiger charge is 2.23. The average molecular weight is 412 g/mol. The smallest absolute Gasteiger partial charge is 0.255 e. The quantitative estimate of drug-likeness (QED) is 0.533. The molecule has 10 heteroatoms. The minimum atomic E-state index is -3.92. The van der Waals surface area contributed by atoms with Gasteiger partial charge >= 0.3 is 0 Å². The molecule has 144 valence electrons. The third-order valence-electron chi connectivity index (χ3n) is 3.47. The number of carbonyl (C=O) groups excluding carboxylic acids is 1. The lowest BCUT2D eigenvalue weighted by molar-refractivity contribution is -0.121. The first kappa shape index (κ1) is 20.7. The second-order valence-corrected chi connectivity index (χ2v) is 7.90. The van der Waals surface area contributed by atoms with Crippen molar-refractivity contribution in [2.45, 2.75) is 4.90 Å². The molecule has 0 aliphatic carbocycles. The summed E-state index contributed by atoms with van der Waals surface area (Å²) < 4.78 is 30.9. The minimum Gasteiger partial charge on any atom is -0.508 e. The molecule has 0 atom stereocenters. The molecule has 8 nitrogen and oxygen atoms in total. The Balaban J connectivity index is 2.01. The maximum absolute atomic E-state index is 12.5. The van der Waals surface area contributed by atoms with Crippen LogP contribution in [-0.4, -0.2) is 50.7 Å². The van der Waals surface area contributed by atoms with E-state index in [1.54, 1.807) is 12.1 Å². The zero-order valence-corrected chi connectivity index (χ0v) is 16.2. The molecular weight excluding hydrogens is 394 g/mol. The summed E-state index contributed by atoms with van der Waals surface area (Å²) in [6.45, 7) is -0.441. The number of likely N-dealkylation sites (N-methyl/N-ethyl adjacent to an activating group) is 1. The topological polar surface area (TPSA) is 108 Å². The monoisotopic (exact) mass is 411 g/mol. The van der Waals surface area contributed by atoms with E-state index in [4.69, 9.17) is 16.3 Å². The Kier molecular flexibility index (Phi) is 6.78. The largest absolute Gasteiger partial charge is 0.508 e. The molecule has 0 aliphatic heterocycles. The molecule has 2 rings (SSSR count). The fourth-order valence-electron chi connectivity index (χ4n) is 2.09. The van der Waals surface area contributed by atoms with Crippen molar-refractivity contribution in [3.05, 3.63) is 53.1 Å². The van der Waals surface area contributed by atoms with Gasteiger partial charge in [-0.25, -0.2) is 13.8 Å². The zero-order valence-electron chi connectivity index (χ0n) is 14.6. The summed E-state index contributed by atoms with van der Waals surface area (Å²) in [6.07, 6.45) is 1.33. The molecule has 0 aromatic heterocycles. The summed E-state index contributed by atoms with van der Waals surface area (Å²) >= 11 is 5.96. The van der Waals surface area contributed by atoms with Gasteiger partial charge in [0.25, 0.3) is 5.91 Å². The van der Waals surface area contributed by atoms with Gasteiger partial charge in [-0.05, 0) is 35.9 Å². The van der Waals surface area contributed by atoms with Crippen molar-refractivity contribution in [2.24, 2.45) is 5.10 Å². The third-order valence-corrected chi connectivity index (χ3v) is 5.57. The van der Waals surface area contributed by atoms with Crippen molar-refractivity contribution in [3.8, 4) is 11.5 Å². The molecule has 0 saturated carbocycles. The van der Waals surface area contributed by atoms with Crippen molar-refractivity contribution in [1.82, 2.24) is 9.73 Å². The van der Waals surface area contributed by atoms with Gasteiger partial charge in [-0.2, -0.15) is 9.41 Å². The van der Waals surface area contributed by atoms with Gasteiger partial charge < -0.3 is 9.84 Å². The summed E-state index contributed by atoms with van der Waals surface area (Å²) in [7, 11) is -1.23. The van der Waals surface area contributed by atoms with Crippen LogP contribution in [0.5, 0.6) is 11.5 Å². The fraction of sp³-hybridized carbons (Fsp3) is 0.176. The van der Waals surface area contributed by atoms with Crippen LogP contribution in [0.15, 0.2) is 52.5 Å². The molecule has 0 bridgehead atoms. The molecule has 0 unspecified atom stereocenters. The number of phenolic OH excluding ortho intramolecular Hbond substituents is 1. The van der Waals surface area contributed by atoms with Crippen LogP contribution in [-0.2, 0) is 14.8 Å². The molecular formula is C17H18ClN3O5S. The molecule has 2 N–H and O–H groups in total. The van der Waals surface area contributed by atoms with Gasteiger partial charge in [-0.3, -0.25) is 4.79 Å². The normalized spacial score (nSPS) is 11.7. The van der Waals surface area contributed by atoms with Crippen LogP contribution in [0.25, 0.3) is 0 Å². The predicted octanol–water partition coefficient (Wildman–Crippen LogP) is 1.82. The van der Waals surface area contributed by atoms with Crippen LogP contribution in [0.1, 0.15) is 5.56 Å². The highest BCUT2D eigenvalue weighted by Crippen LogP contribution is 2.27. The number of hydrogen-bond donors (Lipinski definition) is 2. The van der Waals surface area contributed by atoms with Crippen LogP contribution in [0, 0.1) is 0 Å².